The number of pyridine rings is 1. The number of nitrogens with zero attached hydrogens (tertiary/aromatic N) is 1. The molecule has 1 heterocycles. The van der Waals surface area contributed by atoms with Crippen molar-refractivity contribution in [3.63, 3.8) is 0 Å². The molecule has 3 nitrogen and oxygen atoms in total. The zero-order valence-corrected chi connectivity index (χ0v) is 6.49. The van der Waals surface area contributed by atoms with Crippen LogP contribution in [0.4, 0.5) is 0 Å². The molecule has 0 spiro atoms. The van der Waals surface area contributed by atoms with Crippen molar-refractivity contribution in [3.05, 3.63) is 29.6 Å². The fourth-order valence-corrected chi connectivity index (χ4v) is 0.904. The van der Waals surface area contributed by atoms with E-state index < -0.39 is 0 Å². The van der Waals surface area contributed by atoms with E-state index in [0.29, 0.717) is 0 Å². The molecule has 1 atom stereocenters. The first-order valence-electron chi connectivity index (χ1n) is 3.53. The van der Waals surface area contributed by atoms with Gasteiger partial charge in [0.1, 0.15) is 0 Å². The average molecular weight is 152 g/mol. The first kappa shape index (κ1) is 8.17. The molecule has 0 aliphatic rings. The van der Waals surface area contributed by atoms with Crippen LogP contribution in [-0.4, -0.2) is 16.7 Å². The van der Waals surface area contributed by atoms with Crippen molar-refractivity contribution in [3.8, 4) is 0 Å². The van der Waals surface area contributed by atoms with Crippen LogP contribution in [-0.2, 0) is 0 Å². The minimum absolute atomic E-state index is 0.0244. The summed E-state index contributed by atoms with van der Waals surface area (Å²) in [6, 6.07) is 3.41. The summed E-state index contributed by atoms with van der Waals surface area (Å²) in [5.41, 5.74) is 7.44. The Bertz CT molecular complexity index is 237. The van der Waals surface area contributed by atoms with Crippen LogP contribution in [0, 0.1) is 6.92 Å². The lowest BCUT2D eigenvalue weighted by Crippen LogP contribution is -2.14. The van der Waals surface area contributed by atoms with Gasteiger partial charge in [-0.3, -0.25) is 4.98 Å². The number of rotatable bonds is 2. The Hall–Kier alpha value is -0.930. The van der Waals surface area contributed by atoms with Crippen molar-refractivity contribution in [2.45, 2.75) is 13.0 Å². The fraction of sp³-hybridized carbons (Fsp3) is 0.375. The highest BCUT2D eigenvalue weighted by molar-refractivity contribution is 5.18. The van der Waals surface area contributed by atoms with E-state index in [4.69, 9.17) is 10.8 Å². The van der Waals surface area contributed by atoms with Crippen molar-refractivity contribution >= 4 is 0 Å². The SMILES string of the molecule is Cc1cc(C(N)CO)ccn1. The van der Waals surface area contributed by atoms with E-state index >= 15 is 0 Å². The van der Waals surface area contributed by atoms with E-state index in [0.717, 1.165) is 11.3 Å². The zero-order chi connectivity index (χ0) is 8.27. The number of hydrogen-bond acceptors (Lipinski definition) is 3. The largest absolute Gasteiger partial charge is 0.394 e. The zero-order valence-electron chi connectivity index (χ0n) is 6.49. The smallest absolute Gasteiger partial charge is 0.0624 e. The first-order chi connectivity index (χ1) is 5.24. The van der Waals surface area contributed by atoms with Crippen LogP contribution >= 0.6 is 0 Å². The van der Waals surface area contributed by atoms with Crippen molar-refractivity contribution < 1.29 is 5.11 Å². The lowest BCUT2D eigenvalue weighted by molar-refractivity contribution is 0.268. The summed E-state index contributed by atoms with van der Waals surface area (Å²) in [5.74, 6) is 0. The van der Waals surface area contributed by atoms with E-state index in [1.54, 1.807) is 6.20 Å². The number of aromatic nitrogens is 1. The number of nitrogens with two attached hydrogens (primary N) is 1. The molecule has 1 unspecified atom stereocenters. The van der Waals surface area contributed by atoms with Gasteiger partial charge in [-0.1, -0.05) is 0 Å². The molecule has 0 fully saturated rings. The van der Waals surface area contributed by atoms with Gasteiger partial charge >= 0.3 is 0 Å². The number of aryl methyl sites for hydroxylation is 1. The molecule has 0 amide bonds. The molecule has 1 rings (SSSR count). The number of aliphatic hydroxyl groups is 1. The Morgan fingerprint density at radius 2 is 2.45 bits per heavy atom. The quantitative estimate of drug-likeness (QED) is 0.644. The topological polar surface area (TPSA) is 59.1 Å². The Morgan fingerprint density at radius 3 is 3.00 bits per heavy atom. The van der Waals surface area contributed by atoms with Gasteiger partial charge in [-0.25, -0.2) is 0 Å². The molecule has 3 N–H and O–H groups in total. The molecule has 0 aliphatic carbocycles. The molecule has 3 heteroatoms. The van der Waals surface area contributed by atoms with Gasteiger partial charge < -0.3 is 10.8 Å². The van der Waals surface area contributed by atoms with Crippen molar-refractivity contribution in [1.82, 2.24) is 4.98 Å². The Kier molecular flexibility index (Phi) is 2.57. The summed E-state index contributed by atoms with van der Waals surface area (Å²) in [4.78, 5) is 4.02. The molecule has 0 aliphatic heterocycles. The van der Waals surface area contributed by atoms with Crippen LogP contribution < -0.4 is 5.73 Å². The Labute approximate surface area is 65.9 Å². The summed E-state index contributed by atoms with van der Waals surface area (Å²) in [6.07, 6.45) is 1.69. The maximum absolute atomic E-state index is 8.73. The highest BCUT2D eigenvalue weighted by Gasteiger charge is 2.02. The molecule has 0 aromatic carbocycles. The molecule has 60 valence electrons. The van der Waals surface area contributed by atoms with Gasteiger partial charge in [-0.05, 0) is 24.6 Å². The molecule has 0 saturated heterocycles. The van der Waals surface area contributed by atoms with Crippen LogP contribution in [0.5, 0.6) is 0 Å². The van der Waals surface area contributed by atoms with Crippen molar-refractivity contribution in [2.75, 3.05) is 6.61 Å². The molecule has 1 aromatic rings. The normalized spacial score (nSPS) is 13.0. The fourth-order valence-electron chi connectivity index (χ4n) is 0.904. The van der Waals surface area contributed by atoms with E-state index in [-0.39, 0.29) is 12.6 Å². The number of aliphatic hydroxyl groups excluding tert-OH is 1. The molecular formula is C8H12N2O. The monoisotopic (exact) mass is 152 g/mol. The predicted octanol–water partition coefficient (Wildman–Crippen LogP) is 0.382. The third-order valence-electron chi connectivity index (χ3n) is 1.55. The van der Waals surface area contributed by atoms with Crippen LogP contribution in [0.2, 0.25) is 0 Å². The molecule has 0 saturated carbocycles. The maximum Gasteiger partial charge on any atom is 0.0624 e. The minimum Gasteiger partial charge on any atom is -0.394 e. The lowest BCUT2D eigenvalue weighted by Gasteiger charge is -2.07. The number of hydrogen-bond donors (Lipinski definition) is 2. The summed E-state index contributed by atoms with van der Waals surface area (Å²) in [5, 5.41) is 8.73. The average Bonchev–Trinajstić information content (AvgIpc) is 2.03. The molecule has 1 aromatic heterocycles. The van der Waals surface area contributed by atoms with Gasteiger partial charge in [0.05, 0.1) is 12.6 Å². The first-order valence-corrected chi connectivity index (χ1v) is 3.53. The molecule has 0 radical (unpaired) electrons. The maximum atomic E-state index is 8.73. The van der Waals surface area contributed by atoms with Crippen LogP contribution in [0.3, 0.4) is 0 Å². The second-order valence-corrected chi connectivity index (χ2v) is 2.52. The van der Waals surface area contributed by atoms with Crippen LogP contribution in [0.1, 0.15) is 17.3 Å². The second kappa shape index (κ2) is 3.46. The summed E-state index contributed by atoms with van der Waals surface area (Å²) in [7, 11) is 0. The Morgan fingerprint density at radius 1 is 1.73 bits per heavy atom. The summed E-state index contributed by atoms with van der Waals surface area (Å²) < 4.78 is 0. The van der Waals surface area contributed by atoms with Crippen molar-refractivity contribution in [1.29, 1.82) is 0 Å². The van der Waals surface area contributed by atoms with Crippen LogP contribution in [0.25, 0.3) is 0 Å². The van der Waals surface area contributed by atoms with Gasteiger partial charge in [-0.2, -0.15) is 0 Å². The lowest BCUT2D eigenvalue weighted by atomic mass is 10.1. The van der Waals surface area contributed by atoms with Crippen LogP contribution in [0.15, 0.2) is 18.3 Å². The van der Waals surface area contributed by atoms with E-state index in [2.05, 4.69) is 4.98 Å². The third kappa shape index (κ3) is 2.00. The standard InChI is InChI=1S/C8H12N2O/c1-6-4-7(2-3-10-6)8(9)5-11/h2-4,8,11H,5,9H2,1H3. The van der Waals surface area contributed by atoms with E-state index in [9.17, 15) is 0 Å². The van der Waals surface area contributed by atoms with Gasteiger partial charge in [0, 0.05) is 11.9 Å². The molecule has 0 bridgehead atoms. The minimum atomic E-state index is -0.281. The Balaban J connectivity index is 2.86. The third-order valence-corrected chi connectivity index (χ3v) is 1.55. The van der Waals surface area contributed by atoms with Gasteiger partial charge in [-0.15, -0.1) is 0 Å². The van der Waals surface area contributed by atoms with Gasteiger partial charge in [0.25, 0.3) is 0 Å². The van der Waals surface area contributed by atoms with E-state index in [1.807, 2.05) is 19.1 Å². The summed E-state index contributed by atoms with van der Waals surface area (Å²) in [6.45, 7) is 1.87. The van der Waals surface area contributed by atoms with Gasteiger partial charge in [0.15, 0.2) is 0 Å². The second-order valence-electron chi connectivity index (χ2n) is 2.52. The van der Waals surface area contributed by atoms with E-state index in [1.165, 1.54) is 0 Å². The highest BCUT2D eigenvalue weighted by atomic mass is 16.3. The van der Waals surface area contributed by atoms with Crippen molar-refractivity contribution in [2.24, 2.45) is 5.73 Å². The summed E-state index contributed by atoms with van der Waals surface area (Å²) >= 11 is 0. The van der Waals surface area contributed by atoms with Gasteiger partial charge in [0.2, 0.25) is 0 Å². The molecule has 11 heavy (non-hydrogen) atoms. The highest BCUT2D eigenvalue weighted by Crippen LogP contribution is 2.08. The predicted molar refractivity (Wildman–Crippen MR) is 43.0 cm³/mol. The molecular weight excluding hydrogens is 140 g/mol.